The van der Waals surface area contributed by atoms with Crippen molar-refractivity contribution in [1.82, 2.24) is 9.78 Å². The van der Waals surface area contributed by atoms with E-state index in [0.29, 0.717) is 19.6 Å². The van der Waals surface area contributed by atoms with E-state index in [1.165, 1.54) is 0 Å². The lowest BCUT2D eigenvalue weighted by Gasteiger charge is -2.06. The van der Waals surface area contributed by atoms with Crippen LogP contribution in [-0.4, -0.2) is 29.0 Å². The Morgan fingerprint density at radius 1 is 0.960 bits per heavy atom. The summed E-state index contributed by atoms with van der Waals surface area (Å²) in [6.07, 6.45) is 4.40. The second-order valence-corrected chi connectivity index (χ2v) is 5.54. The molecule has 0 aliphatic heterocycles. The number of rotatable bonds is 8. The second-order valence-electron chi connectivity index (χ2n) is 5.54. The smallest absolute Gasteiger partial charge is 0.310 e. The van der Waals surface area contributed by atoms with Crippen LogP contribution in [0.25, 0.3) is 5.69 Å². The minimum atomic E-state index is -0.257. The van der Waals surface area contributed by atoms with Gasteiger partial charge in [0.2, 0.25) is 0 Å². The van der Waals surface area contributed by atoms with Crippen molar-refractivity contribution in [2.75, 3.05) is 13.2 Å². The van der Waals surface area contributed by atoms with Crippen LogP contribution in [0.2, 0.25) is 0 Å². The molecule has 25 heavy (non-hydrogen) atoms. The van der Waals surface area contributed by atoms with Crippen LogP contribution in [0.5, 0.6) is 5.75 Å². The van der Waals surface area contributed by atoms with Gasteiger partial charge in [-0.2, -0.15) is 5.10 Å². The zero-order valence-electron chi connectivity index (χ0n) is 13.9. The molecule has 2 aromatic carbocycles. The number of nitrogens with zero attached hydrogens (tertiary/aromatic N) is 2. The van der Waals surface area contributed by atoms with Gasteiger partial charge in [-0.05, 0) is 24.3 Å². The molecule has 0 amide bonds. The zero-order chi connectivity index (χ0) is 17.3. The molecule has 0 aliphatic carbocycles. The van der Waals surface area contributed by atoms with E-state index in [1.54, 1.807) is 10.9 Å². The SMILES string of the molecule is O=C(Cc1cnn(-c2ccccc2)c1)OCCCOc1ccccc1. The highest BCUT2D eigenvalue weighted by molar-refractivity contribution is 5.72. The molecular formula is C20H20N2O3. The molecular weight excluding hydrogens is 316 g/mol. The second kappa shape index (κ2) is 8.68. The third-order valence-electron chi connectivity index (χ3n) is 3.57. The standard InChI is InChI=1S/C20H20N2O3/c23-20(25-13-7-12-24-19-10-5-2-6-11-19)14-17-15-21-22(16-17)18-8-3-1-4-9-18/h1-6,8-11,15-16H,7,12-14H2. The molecule has 1 heterocycles. The monoisotopic (exact) mass is 336 g/mol. The maximum atomic E-state index is 11.9. The normalized spacial score (nSPS) is 10.4. The summed E-state index contributed by atoms with van der Waals surface area (Å²) in [4.78, 5) is 11.9. The molecule has 0 aliphatic rings. The van der Waals surface area contributed by atoms with Crippen LogP contribution in [-0.2, 0) is 16.0 Å². The minimum Gasteiger partial charge on any atom is -0.493 e. The highest BCUT2D eigenvalue weighted by Gasteiger charge is 2.08. The van der Waals surface area contributed by atoms with E-state index < -0.39 is 0 Å². The van der Waals surface area contributed by atoms with Crippen molar-refractivity contribution >= 4 is 5.97 Å². The first-order valence-corrected chi connectivity index (χ1v) is 8.24. The Balaban J connectivity index is 1.37. The zero-order valence-corrected chi connectivity index (χ0v) is 13.9. The van der Waals surface area contributed by atoms with Crippen LogP contribution in [0.4, 0.5) is 0 Å². The van der Waals surface area contributed by atoms with Crippen molar-refractivity contribution in [3.8, 4) is 11.4 Å². The van der Waals surface area contributed by atoms with Gasteiger partial charge in [-0.3, -0.25) is 4.79 Å². The van der Waals surface area contributed by atoms with Gasteiger partial charge in [0.1, 0.15) is 5.75 Å². The molecule has 3 rings (SSSR count). The number of hydrogen-bond donors (Lipinski definition) is 0. The predicted octanol–water partition coefficient (Wildman–Crippen LogP) is 3.43. The van der Waals surface area contributed by atoms with Crippen LogP contribution in [0, 0.1) is 0 Å². The van der Waals surface area contributed by atoms with Gasteiger partial charge >= 0.3 is 5.97 Å². The first kappa shape index (κ1) is 16.8. The molecule has 0 spiro atoms. The van der Waals surface area contributed by atoms with Gasteiger partial charge in [0.05, 0.1) is 31.5 Å². The van der Waals surface area contributed by atoms with Crippen LogP contribution < -0.4 is 4.74 Å². The average molecular weight is 336 g/mol. The van der Waals surface area contributed by atoms with Crippen molar-refractivity contribution in [3.05, 3.63) is 78.6 Å². The number of carbonyl (C=O) groups excluding carboxylic acids is 1. The first-order chi connectivity index (χ1) is 12.3. The molecule has 128 valence electrons. The topological polar surface area (TPSA) is 53.4 Å². The van der Waals surface area contributed by atoms with Gasteiger partial charge < -0.3 is 9.47 Å². The summed E-state index contributed by atoms with van der Waals surface area (Å²) in [7, 11) is 0. The highest BCUT2D eigenvalue weighted by Crippen LogP contribution is 2.10. The molecule has 3 aromatic rings. The Labute approximate surface area is 146 Å². The number of hydrogen-bond acceptors (Lipinski definition) is 4. The van der Waals surface area contributed by atoms with Crippen LogP contribution in [0.1, 0.15) is 12.0 Å². The fourth-order valence-corrected chi connectivity index (χ4v) is 2.34. The molecule has 5 nitrogen and oxygen atoms in total. The first-order valence-electron chi connectivity index (χ1n) is 8.24. The third-order valence-corrected chi connectivity index (χ3v) is 3.57. The number of ether oxygens (including phenoxy) is 2. The van der Waals surface area contributed by atoms with Crippen molar-refractivity contribution < 1.29 is 14.3 Å². The van der Waals surface area contributed by atoms with E-state index in [0.717, 1.165) is 17.0 Å². The molecule has 0 N–H and O–H groups in total. The number of carbonyl (C=O) groups is 1. The molecule has 0 unspecified atom stereocenters. The lowest BCUT2D eigenvalue weighted by atomic mass is 10.2. The quantitative estimate of drug-likeness (QED) is 0.467. The van der Waals surface area contributed by atoms with Crippen LogP contribution in [0.3, 0.4) is 0 Å². The van der Waals surface area contributed by atoms with E-state index in [-0.39, 0.29) is 12.4 Å². The van der Waals surface area contributed by atoms with E-state index in [9.17, 15) is 4.79 Å². The van der Waals surface area contributed by atoms with Crippen molar-refractivity contribution in [1.29, 1.82) is 0 Å². The van der Waals surface area contributed by atoms with E-state index in [2.05, 4.69) is 5.10 Å². The van der Waals surface area contributed by atoms with Crippen LogP contribution >= 0.6 is 0 Å². The maximum absolute atomic E-state index is 11.9. The van der Waals surface area contributed by atoms with Gasteiger partial charge in [-0.25, -0.2) is 4.68 Å². The molecule has 0 saturated heterocycles. The number of benzene rings is 2. The Morgan fingerprint density at radius 2 is 1.68 bits per heavy atom. The Kier molecular flexibility index (Phi) is 5.82. The summed E-state index contributed by atoms with van der Waals surface area (Å²) in [6.45, 7) is 0.863. The Morgan fingerprint density at radius 3 is 2.44 bits per heavy atom. The van der Waals surface area contributed by atoms with E-state index in [4.69, 9.17) is 9.47 Å². The number of aromatic nitrogens is 2. The average Bonchev–Trinajstić information content (AvgIpc) is 3.11. The van der Waals surface area contributed by atoms with Gasteiger partial charge in [0.25, 0.3) is 0 Å². The maximum Gasteiger partial charge on any atom is 0.310 e. The highest BCUT2D eigenvalue weighted by atomic mass is 16.5. The molecule has 0 bridgehead atoms. The summed E-state index contributed by atoms with van der Waals surface area (Å²) in [6, 6.07) is 19.3. The molecule has 0 fully saturated rings. The largest absolute Gasteiger partial charge is 0.493 e. The van der Waals surface area contributed by atoms with Gasteiger partial charge in [0.15, 0.2) is 0 Å². The minimum absolute atomic E-state index is 0.215. The molecule has 5 heteroatoms. The summed E-state index contributed by atoms with van der Waals surface area (Å²) < 4.78 is 12.5. The molecule has 0 atom stereocenters. The molecule has 0 radical (unpaired) electrons. The predicted molar refractivity (Wildman–Crippen MR) is 94.8 cm³/mol. The Bertz CT molecular complexity index is 785. The number of esters is 1. The summed E-state index contributed by atoms with van der Waals surface area (Å²) in [5.74, 6) is 0.564. The van der Waals surface area contributed by atoms with Crippen LogP contribution in [0.15, 0.2) is 73.1 Å². The fraction of sp³-hybridized carbons (Fsp3) is 0.200. The summed E-state index contributed by atoms with van der Waals surface area (Å²) in [5, 5.41) is 4.27. The summed E-state index contributed by atoms with van der Waals surface area (Å²) in [5.41, 5.74) is 1.79. The van der Waals surface area contributed by atoms with E-state index in [1.807, 2.05) is 66.9 Å². The molecule has 0 saturated carbocycles. The van der Waals surface area contributed by atoms with Crippen molar-refractivity contribution in [2.24, 2.45) is 0 Å². The third kappa shape index (κ3) is 5.21. The summed E-state index contributed by atoms with van der Waals surface area (Å²) >= 11 is 0. The van der Waals surface area contributed by atoms with Gasteiger partial charge in [0, 0.05) is 18.2 Å². The van der Waals surface area contributed by atoms with E-state index >= 15 is 0 Å². The Hall–Kier alpha value is -3.08. The van der Waals surface area contributed by atoms with Crippen molar-refractivity contribution in [2.45, 2.75) is 12.8 Å². The lowest BCUT2D eigenvalue weighted by Crippen LogP contribution is -2.11. The van der Waals surface area contributed by atoms with Gasteiger partial charge in [-0.1, -0.05) is 36.4 Å². The lowest BCUT2D eigenvalue weighted by molar-refractivity contribution is -0.143. The number of para-hydroxylation sites is 2. The molecule has 1 aromatic heterocycles. The van der Waals surface area contributed by atoms with Gasteiger partial charge in [-0.15, -0.1) is 0 Å². The fourth-order valence-electron chi connectivity index (χ4n) is 2.34. The van der Waals surface area contributed by atoms with Crippen molar-refractivity contribution in [3.63, 3.8) is 0 Å².